The molecule has 6 heteroatoms. The first kappa shape index (κ1) is 15.0. The van der Waals surface area contributed by atoms with Crippen LogP contribution in [0.1, 0.15) is 10.4 Å². The van der Waals surface area contributed by atoms with E-state index < -0.39 is 11.7 Å². The summed E-state index contributed by atoms with van der Waals surface area (Å²) in [5.41, 5.74) is 0.750. The number of anilines is 1. The maximum absolute atomic E-state index is 13.4. The van der Waals surface area contributed by atoms with E-state index in [1.807, 2.05) is 0 Å². The quantitative estimate of drug-likeness (QED) is 0.813. The summed E-state index contributed by atoms with van der Waals surface area (Å²) < 4.78 is 19.7. The number of nitrogens with one attached hydrogen (secondary N) is 1. The minimum atomic E-state index is -0.486. The van der Waals surface area contributed by atoms with Crippen LogP contribution >= 0.6 is 31.9 Å². The Morgan fingerprint density at radius 3 is 2.60 bits per heavy atom. The zero-order chi connectivity index (χ0) is 14.7. The van der Waals surface area contributed by atoms with Gasteiger partial charge in [0.1, 0.15) is 11.6 Å². The summed E-state index contributed by atoms with van der Waals surface area (Å²) in [4.78, 5) is 12.1. The van der Waals surface area contributed by atoms with Crippen LogP contribution in [0.2, 0.25) is 0 Å². The molecule has 0 saturated carbocycles. The van der Waals surface area contributed by atoms with Gasteiger partial charge in [-0.15, -0.1) is 0 Å². The topological polar surface area (TPSA) is 38.3 Å². The highest BCUT2D eigenvalue weighted by molar-refractivity contribution is 9.10. The van der Waals surface area contributed by atoms with E-state index in [-0.39, 0.29) is 5.56 Å². The fourth-order valence-corrected chi connectivity index (χ4v) is 2.19. The van der Waals surface area contributed by atoms with Crippen LogP contribution < -0.4 is 10.1 Å². The summed E-state index contributed by atoms with van der Waals surface area (Å²) in [7, 11) is 1.51. The van der Waals surface area contributed by atoms with Gasteiger partial charge in [-0.1, -0.05) is 15.9 Å². The molecule has 0 atom stereocenters. The van der Waals surface area contributed by atoms with Crippen LogP contribution in [0.25, 0.3) is 0 Å². The molecule has 0 aliphatic rings. The Kier molecular flexibility index (Phi) is 4.77. The number of hydrogen-bond acceptors (Lipinski definition) is 2. The second-order valence-corrected chi connectivity index (χ2v) is 5.70. The lowest BCUT2D eigenvalue weighted by Gasteiger charge is -2.10. The smallest absolute Gasteiger partial charge is 0.255 e. The highest BCUT2D eigenvalue weighted by Crippen LogP contribution is 2.28. The number of carbonyl (C=O) groups excluding carboxylic acids is 1. The Morgan fingerprint density at radius 2 is 1.95 bits per heavy atom. The maximum Gasteiger partial charge on any atom is 0.255 e. The van der Waals surface area contributed by atoms with E-state index in [1.54, 1.807) is 18.2 Å². The zero-order valence-corrected chi connectivity index (χ0v) is 13.6. The van der Waals surface area contributed by atoms with Gasteiger partial charge in [-0.3, -0.25) is 4.79 Å². The van der Waals surface area contributed by atoms with E-state index >= 15 is 0 Å². The van der Waals surface area contributed by atoms with Gasteiger partial charge in [0.05, 0.1) is 17.3 Å². The average molecular weight is 403 g/mol. The first-order valence-electron chi connectivity index (χ1n) is 5.61. The van der Waals surface area contributed by atoms with Crippen LogP contribution in [0.5, 0.6) is 5.75 Å². The number of ether oxygens (including phenoxy) is 1. The largest absolute Gasteiger partial charge is 0.495 e. The third-order valence-corrected chi connectivity index (χ3v) is 3.73. The molecule has 0 aromatic heterocycles. The number of amides is 1. The maximum atomic E-state index is 13.4. The molecule has 2 rings (SSSR count). The Bertz CT molecular complexity index is 662. The molecule has 0 bridgehead atoms. The molecule has 0 radical (unpaired) electrons. The summed E-state index contributed by atoms with van der Waals surface area (Å²) in [6, 6.07) is 9.41. The van der Waals surface area contributed by atoms with Crippen molar-refractivity contribution >= 4 is 43.5 Å². The third-order valence-electron chi connectivity index (χ3n) is 2.59. The Balaban J connectivity index is 2.25. The SMILES string of the molecule is COc1cc(Br)ccc1NC(=O)c1ccc(Br)c(F)c1. The molecule has 20 heavy (non-hydrogen) atoms. The van der Waals surface area contributed by atoms with E-state index in [1.165, 1.54) is 25.3 Å². The first-order valence-corrected chi connectivity index (χ1v) is 7.20. The summed E-state index contributed by atoms with van der Waals surface area (Å²) in [5, 5.41) is 2.68. The van der Waals surface area contributed by atoms with Crippen molar-refractivity contribution < 1.29 is 13.9 Å². The van der Waals surface area contributed by atoms with Crippen molar-refractivity contribution in [2.45, 2.75) is 0 Å². The van der Waals surface area contributed by atoms with E-state index in [2.05, 4.69) is 37.2 Å². The Labute approximate surface area is 132 Å². The first-order chi connectivity index (χ1) is 9.51. The van der Waals surface area contributed by atoms with Crippen molar-refractivity contribution in [1.29, 1.82) is 0 Å². The van der Waals surface area contributed by atoms with E-state index in [4.69, 9.17) is 4.74 Å². The number of hydrogen-bond donors (Lipinski definition) is 1. The molecule has 2 aromatic rings. The van der Waals surface area contributed by atoms with Crippen LogP contribution in [0.15, 0.2) is 45.3 Å². The Hall–Kier alpha value is -1.40. The molecule has 1 N–H and O–H groups in total. The van der Waals surface area contributed by atoms with Crippen molar-refractivity contribution in [3.63, 3.8) is 0 Å². The fraction of sp³-hybridized carbons (Fsp3) is 0.0714. The summed E-state index contributed by atoms with van der Waals surface area (Å²) in [5.74, 6) is -0.372. The van der Waals surface area contributed by atoms with Crippen molar-refractivity contribution in [2.24, 2.45) is 0 Å². The zero-order valence-electron chi connectivity index (χ0n) is 10.4. The standard InChI is InChI=1S/C14H10Br2FNO2/c1-20-13-7-9(15)3-5-12(13)18-14(19)8-2-4-10(16)11(17)6-8/h2-7H,1H3,(H,18,19). The van der Waals surface area contributed by atoms with Crippen molar-refractivity contribution in [2.75, 3.05) is 12.4 Å². The molecule has 104 valence electrons. The minimum Gasteiger partial charge on any atom is -0.495 e. The summed E-state index contributed by atoms with van der Waals surface area (Å²) >= 11 is 6.36. The third kappa shape index (κ3) is 3.37. The number of carbonyl (C=O) groups is 1. The van der Waals surface area contributed by atoms with Gasteiger partial charge in [0.15, 0.2) is 0 Å². The van der Waals surface area contributed by atoms with Gasteiger partial charge in [0.2, 0.25) is 0 Å². The highest BCUT2D eigenvalue weighted by Gasteiger charge is 2.12. The van der Waals surface area contributed by atoms with E-state index in [0.717, 1.165) is 4.47 Å². The summed E-state index contributed by atoms with van der Waals surface area (Å²) in [6.07, 6.45) is 0. The number of benzene rings is 2. The molecule has 0 unspecified atom stereocenters. The second-order valence-electron chi connectivity index (χ2n) is 3.93. The minimum absolute atomic E-state index is 0.232. The number of rotatable bonds is 3. The molecule has 0 spiro atoms. The molecular weight excluding hydrogens is 393 g/mol. The molecule has 0 saturated heterocycles. The lowest BCUT2D eigenvalue weighted by atomic mass is 10.2. The fourth-order valence-electron chi connectivity index (χ4n) is 1.60. The van der Waals surface area contributed by atoms with Crippen LogP contribution in [0, 0.1) is 5.82 Å². The number of halogens is 3. The number of methoxy groups -OCH3 is 1. The average Bonchev–Trinajstić information content (AvgIpc) is 2.43. The van der Waals surface area contributed by atoms with Gasteiger partial charge in [-0.05, 0) is 52.3 Å². The van der Waals surface area contributed by atoms with Gasteiger partial charge in [0, 0.05) is 10.0 Å². The van der Waals surface area contributed by atoms with Crippen LogP contribution in [0.3, 0.4) is 0 Å². The lowest BCUT2D eigenvalue weighted by Crippen LogP contribution is -2.13. The highest BCUT2D eigenvalue weighted by atomic mass is 79.9. The molecule has 0 fully saturated rings. The van der Waals surface area contributed by atoms with Crippen molar-refractivity contribution in [3.05, 3.63) is 56.7 Å². The van der Waals surface area contributed by atoms with Gasteiger partial charge in [-0.2, -0.15) is 0 Å². The second kappa shape index (κ2) is 6.37. The van der Waals surface area contributed by atoms with Crippen LogP contribution in [0.4, 0.5) is 10.1 Å². The molecule has 3 nitrogen and oxygen atoms in total. The molecule has 0 heterocycles. The van der Waals surface area contributed by atoms with Crippen molar-refractivity contribution in [3.8, 4) is 5.75 Å². The van der Waals surface area contributed by atoms with Gasteiger partial charge >= 0.3 is 0 Å². The molecule has 0 aliphatic heterocycles. The molecular formula is C14H10Br2FNO2. The molecule has 1 amide bonds. The van der Waals surface area contributed by atoms with Gasteiger partial charge < -0.3 is 10.1 Å². The predicted octanol–water partition coefficient (Wildman–Crippen LogP) is 4.61. The van der Waals surface area contributed by atoms with E-state index in [9.17, 15) is 9.18 Å². The molecule has 2 aromatic carbocycles. The molecule has 0 aliphatic carbocycles. The van der Waals surface area contributed by atoms with Crippen LogP contribution in [-0.4, -0.2) is 13.0 Å². The lowest BCUT2D eigenvalue weighted by molar-refractivity contribution is 0.102. The predicted molar refractivity (Wildman–Crippen MR) is 82.7 cm³/mol. The Morgan fingerprint density at radius 1 is 1.20 bits per heavy atom. The van der Waals surface area contributed by atoms with Crippen molar-refractivity contribution in [1.82, 2.24) is 0 Å². The van der Waals surface area contributed by atoms with Gasteiger partial charge in [0.25, 0.3) is 5.91 Å². The normalized spacial score (nSPS) is 10.2. The summed E-state index contributed by atoms with van der Waals surface area (Å²) in [6.45, 7) is 0. The van der Waals surface area contributed by atoms with Crippen LogP contribution in [-0.2, 0) is 0 Å². The monoisotopic (exact) mass is 401 g/mol. The van der Waals surface area contributed by atoms with E-state index in [0.29, 0.717) is 15.9 Å². The van der Waals surface area contributed by atoms with Gasteiger partial charge in [-0.25, -0.2) is 4.39 Å².